The van der Waals surface area contributed by atoms with E-state index in [4.69, 9.17) is 4.42 Å². The van der Waals surface area contributed by atoms with Crippen molar-refractivity contribution in [3.05, 3.63) is 255 Å². The predicted molar refractivity (Wildman–Crippen MR) is 272 cm³/mol. The number of fused-ring (bicyclic) bond motifs is 6. The predicted octanol–water partition coefficient (Wildman–Crippen LogP) is 13.2. The summed E-state index contributed by atoms with van der Waals surface area (Å²) in [4.78, 5) is 2.33. The Balaban J connectivity index is 0.960. The standard InChI is InChI=1S/C60H42N2OSi/c1-4-17-48(18-5-1)64(49-19-6-2-7-20-49,50-21-8-3-9-22-50)51-41-33-44(34-42-51)43-31-35-45(36-32-43)61(58-29-16-26-55-54-25-12-15-30-59(54)63-60(55)58)46-37-39-47(40-38-46)62-56-27-13-10-23-52(56)53-24-11-14-28-57(53)62/h1-42H. The Bertz CT molecular complexity index is 3430. The molecule has 0 spiro atoms. The second-order valence-electron chi connectivity index (χ2n) is 16.4. The van der Waals surface area contributed by atoms with E-state index in [1.165, 1.54) is 48.1 Å². The zero-order valence-corrected chi connectivity index (χ0v) is 36.1. The first-order valence-corrected chi connectivity index (χ1v) is 23.9. The first kappa shape index (κ1) is 37.6. The first-order valence-electron chi connectivity index (χ1n) is 21.9. The zero-order chi connectivity index (χ0) is 42.5. The molecule has 2 aromatic heterocycles. The lowest BCUT2D eigenvalue weighted by atomic mass is 10.0. The van der Waals surface area contributed by atoms with Crippen LogP contribution >= 0.6 is 0 Å². The molecule has 0 aliphatic rings. The quantitative estimate of drug-likeness (QED) is 0.107. The molecule has 0 aliphatic carbocycles. The van der Waals surface area contributed by atoms with Gasteiger partial charge in [0, 0.05) is 38.6 Å². The number of rotatable bonds is 9. The van der Waals surface area contributed by atoms with Gasteiger partial charge in [0.2, 0.25) is 0 Å². The highest BCUT2D eigenvalue weighted by molar-refractivity contribution is 7.19. The maximum Gasteiger partial charge on any atom is 0.179 e. The fraction of sp³-hybridized carbons (Fsp3) is 0. The number of benzene rings is 10. The summed E-state index contributed by atoms with van der Waals surface area (Å²) >= 11 is 0. The van der Waals surface area contributed by atoms with Gasteiger partial charge in [-0.2, -0.15) is 0 Å². The molecule has 0 amide bonds. The Morgan fingerprint density at radius 3 is 1.30 bits per heavy atom. The van der Waals surface area contributed by atoms with E-state index in [0.29, 0.717) is 0 Å². The summed E-state index contributed by atoms with van der Waals surface area (Å²) in [5, 5.41) is 10.2. The van der Waals surface area contributed by atoms with Crippen molar-refractivity contribution < 1.29 is 4.42 Å². The van der Waals surface area contributed by atoms with Crippen LogP contribution < -0.4 is 25.6 Å². The lowest BCUT2D eigenvalue weighted by Gasteiger charge is -2.34. The van der Waals surface area contributed by atoms with Crippen LogP contribution in [0.5, 0.6) is 0 Å². The van der Waals surface area contributed by atoms with Crippen LogP contribution in [-0.4, -0.2) is 12.6 Å². The van der Waals surface area contributed by atoms with E-state index >= 15 is 0 Å². The summed E-state index contributed by atoms with van der Waals surface area (Å²) in [5.41, 5.74) is 10.6. The Morgan fingerprint density at radius 2 is 0.750 bits per heavy atom. The number of hydrogen-bond donors (Lipinski definition) is 0. The molecule has 0 N–H and O–H groups in total. The van der Waals surface area contributed by atoms with Gasteiger partial charge in [-0.3, -0.25) is 0 Å². The fourth-order valence-corrected chi connectivity index (χ4v) is 14.8. The Morgan fingerprint density at radius 1 is 0.328 bits per heavy atom. The van der Waals surface area contributed by atoms with Gasteiger partial charge in [0.15, 0.2) is 13.7 Å². The third kappa shape index (κ3) is 6.10. The van der Waals surface area contributed by atoms with Gasteiger partial charge < -0.3 is 13.9 Å². The van der Waals surface area contributed by atoms with Gasteiger partial charge in [0.25, 0.3) is 0 Å². The molecule has 302 valence electrons. The maximum atomic E-state index is 6.67. The van der Waals surface area contributed by atoms with Crippen molar-refractivity contribution >= 4 is 89.6 Å². The minimum atomic E-state index is -2.62. The average Bonchev–Trinajstić information content (AvgIpc) is 3.93. The number of aromatic nitrogens is 1. The van der Waals surface area contributed by atoms with Crippen LogP contribution in [0.4, 0.5) is 17.1 Å². The second-order valence-corrected chi connectivity index (χ2v) is 20.3. The molecule has 4 heteroatoms. The number of anilines is 3. The third-order valence-electron chi connectivity index (χ3n) is 13.0. The molecule has 0 unspecified atom stereocenters. The molecular formula is C60H42N2OSi. The van der Waals surface area contributed by atoms with Gasteiger partial charge in [-0.1, -0.05) is 194 Å². The lowest BCUT2D eigenvalue weighted by molar-refractivity contribution is 0.669. The van der Waals surface area contributed by atoms with Gasteiger partial charge in [-0.25, -0.2) is 0 Å². The largest absolute Gasteiger partial charge is 0.454 e. The summed E-state index contributed by atoms with van der Waals surface area (Å²) in [6.07, 6.45) is 0. The normalized spacial score (nSPS) is 11.8. The number of hydrogen-bond acceptors (Lipinski definition) is 2. The van der Waals surface area contributed by atoms with Crippen molar-refractivity contribution in [3.8, 4) is 16.8 Å². The minimum absolute atomic E-state index is 0.859. The van der Waals surface area contributed by atoms with E-state index in [0.717, 1.165) is 50.3 Å². The summed E-state index contributed by atoms with van der Waals surface area (Å²) < 4.78 is 9.04. The molecule has 10 aromatic carbocycles. The number of para-hydroxylation sites is 4. The third-order valence-corrected chi connectivity index (χ3v) is 17.8. The van der Waals surface area contributed by atoms with Crippen molar-refractivity contribution in [2.45, 2.75) is 0 Å². The van der Waals surface area contributed by atoms with E-state index in [1.54, 1.807) is 0 Å². The molecule has 0 atom stereocenters. The number of nitrogens with zero attached hydrogens (tertiary/aromatic N) is 2. The van der Waals surface area contributed by atoms with E-state index in [9.17, 15) is 0 Å². The summed E-state index contributed by atoms with van der Waals surface area (Å²) in [6, 6.07) is 92.7. The summed E-state index contributed by atoms with van der Waals surface area (Å²) in [6.45, 7) is 0. The maximum absolute atomic E-state index is 6.67. The summed E-state index contributed by atoms with van der Waals surface area (Å²) in [5.74, 6) is 0. The first-order chi connectivity index (χ1) is 31.8. The van der Waals surface area contributed by atoms with Crippen molar-refractivity contribution in [2.24, 2.45) is 0 Å². The van der Waals surface area contributed by atoms with E-state index in [-0.39, 0.29) is 0 Å². The van der Waals surface area contributed by atoms with E-state index in [1.807, 2.05) is 6.07 Å². The van der Waals surface area contributed by atoms with Gasteiger partial charge in [-0.05, 0) is 92.5 Å². The van der Waals surface area contributed by atoms with E-state index in [2.05, 4.69) is 258 Å². The number of furan rings is 1. The molecule has 0 saturated carbocycles. The SMILES string of the molecule is c1ccc([Si](c2ccccc2)(c2ccccc2)c2ccc(-c3ccc(N(c4ccc(-n5c6ccccc6c6ccccc65)cc4)c4cccc5c4oc4ccccc45)cc3)cc2)cc1. The molecule has 2 heterocycles. The van der Waals surface area contributed by atoms with Crippen molar-refractivity contribution in [3.63, 3.8) is 0 Å². The molecular weight excluding hydrogens is 793 g/mol. The van der Waals surface area contributed by atoms with Crippen molar-refractivity contribution in [1.82, 2.24) is 4.57 Å². The van der Waals surface area contributed by atoms with Crippen molar-refractivity contribution in [1.29, 1.82) is 0 Å². The van der Waals surface area contributed by atoms with Crippen LogP contribution in [0.15, 0.2) is 259 Å². The topological polar surface area (TPSA) is 21.3 Å². The Kier molecular flexibility index (Phi) is 9.17. The monoisotopic (exact) mass is 834 g/mol. The van der Waals surface area contributed by atoms with Crippen LogP contribution in [0.1, 0.15) is 0 Å². The molecule has 3 nitrogen and oxygen atoms in total. The van der Waals surface area contributed by atoms with Crippen LogP contribution in [0.25, 0.3) is 60.6 Å². The van der Waals surface area contributed by atoms with Gasteiger partial charge in [0.05, 0.1) is 16.7 Å². The molecule has 0 saturated heterocycles. The highest BCUT2D eigenvalue weighted by Gasteiger charge is 2.41. The van der Waals surface area contributed by atoms with Crippen LogP contribution in [0.3, 0.4) is 0 Å². The highest BCUT2D eigenvalue weighted by atomic mass is 28.3. The Hall–Kier alpha value is -8.18. The highest BCUT2D eigenvalue weighted by Crippen LogP contribution is 2.43. The van der Waals surface area contributed by atoms with Crippen molar-refractivity contribution in [2.75, 3.05) is 4.90 Å². The zero-order valence-electron chi connectivity index (χ0n) is 35.1. The molecule has 12 aromatic rings. The lowest BCUT2D eigenvalue weighted by Crippen LogP contribution is -2.74. The van der Waals surface area contributed by atoms with Gasteiger partial charge >= 0.3 is 0 Å². The van der Waals surface area contributed by atoms with Gasteiger partial charge in [0.1, 0.15) is 5.58 Å². The molecule has 12 rings (SSSR count). The van der Waals surface area contributed by atoms with Crippen LogP contribution in [0.2, 0.25) is 0 Å². The molecule has 0 fully saturated rings. The second kappa shape index (κ2) is 15.6. The molecule has 0 radical (unpaired) electrons. The minimum Gasteiger partial charge on any atom is -0.454 e. The van der Waals surface area contributed by atoms with Gasteiger partial charge in [-0.15, -0.1) is 0 Å². The Labute approximate surface area is 373 Å². The summed E-state index contributed by atoms with van der Waals surface area (Å²) in [7, 11) is -2.62. The average molecular weight is 835 g/mol. The van der Waals surface area contributed by atoms with Crippen LogP contribution in [0, 0.1) is 0 Å². The molecule has 64 heavy (non-hydrogen) atoms. The molecule has 0 aliphatic heterocycles. The van der Waals surface area contributed by atoms with E-state index < -0.39 is 8.07 Å². The smallest absolute Gasteiger partial charge is 0.179 e. The fourth-order valence-electron chi connectivity index (χ4n) is 10.1. The van der Waals surface area contributed by atoms with Crippen LogP contribution in [-0.2, 0) is 0 Å². The molecule has 0 bridgehead atoms.